The first kappa shape index (κ1) is 15.1. The molecular weight excluding hydrogens is 248 g/mol. The van der Waals surface area contributed by atoms with Crippen molar-refractivity contribution in [1.29, 1.82) is 0 Å². The smallest absolute Gasteiger partial charge is 0.308 e. The van der Waals surface area contributed by atoms with Crippen LogP contribution in [0.5, 0.6) is 0 Å². The monoisotopic (exact) mass is 270 g/mol. The Balaban J connectivity index is 2.96. The van der Waals surface area contributed by atoms with E-state index in [4.69, 9.17) is 5.11 Å². The van der Waals surface area contributed by atoms with Gasteiger partial charge in [0, 0.05) is 23.3 Å². The number of nitrogens with zero attached hydrogens (tertiary/aromatic N) is 2. The van der Waals surface area contributed by atoms with Crippen LogP contribution in [0, 0.1) is 0 Å². The number of rotatable bonds is 5. The van der Waals surface area contributed by atoms with Crippen LogP contribution in [0.4, 0.5) is 0 Å². The Morgan fingerprint density at radius 1 is 1.39 bits per heavy atom. The van der Waals surface area contributed by atoms with Crippen LogP contribution < -0.4 is 0 Å². The molecule has 0 amide bonds. The standard InChI is InChI=1S/C13H22N2O2S/c1-13(2,3)12-9(8-11(16)17)18-10(14-12)6-7-15(4)5/h6-8H2,1-5H3,(H,16,17). The second kappa shape index (κ2) is 5.80. The molecule has 102 valence electrons. The van der Waals surface area contributed by atoms with Crippen molar-refractivity contribution in [3.8, 4) is 0 Å². The summed E-state index contributed by atoms with van der Waals surface area (Å²) in [6.07, 6.45) is 0.951. The van der Waals surface area contributed by atoms with Gasteiger partial charge < -0.3 is 10.0 Å². The minimum Gasteiger partial charge on any atom is -0.481 e. The van der Waals surface area contributed by atoms with E-state index in [0.29, 0.717) is 0 Å². The zero-order valence-corrected chi connectivity index (χ0v) is 12.6. The maximum Gasteiger partial charge on any atom is 0.308 e. The number of aromatic nitrogens is 1. The van der Waals surface area contributed by atoms with E-state index in [0.717, 1.165) is 28.5 Å². The molecule has 1 N–H and O–H groups in total. The van der Waals surface area contributed by atoms with Crippen LogP contribution in [0.2, 0.25) is 0 Å². The second-order valence-electron chi connectivity index (χ2n) is 5.75. The highest BCUT2D eigenvalue weighted by Gasteiger charge is 2.24. The Labute approximate surface area is 113 Å². The van der Waals surface area contributed by atoms with Crippen molar-refractivity contribution in [2.24, 2.45) is 0 Å². The first-order chi connectivity index (χ1) is 8.20. The Hall–Kier alpha value is -0.940. The summed E-state index contributed by atoms with van der Waals surface area (Å²) in [5, 5.41) is 9.99. The fourth-order valence-electron chi connectivity index (χ4n) is 1.67. The van der Waals surface area contributed by atoms with Gasteiger partial charge in [-0.2, -0.15) is 0 Å². The van der Waals surface area contributed by atoms with Crippen LogP contribution in [-0.2, 0) is 23.1 Å². The summed E-state index contributed by atoms with van der Waals surface area (Å²) >= 11 is 1.54. The van der Waals surface area contributed by atoms with E-state index < -0.39 is 5.97 Å². The number of likely N-dealkylation sites (N-methyl/N-ethyl adjacent to an activating group) is 1. The first-order valence-corrected chi connectivity index (χ1v) is 6.87. The Kier molecular flexibility index (Phi) is 4.87. The molecule has 0 bridgehead atoms. The largest absolute Gasteiger partial charge is 0.481 e. The summed E-state index contributed by atoms with van der Waals surface area (Å²) in [6.45, 7) is 7.15. The van der Waals surface area contributed by atoms with Crippen molar-refractivity contribution in [3.05, 3.63) is 15.6 Å². The third-order valence-corrected chi connectivity index (χ3v) is 3.65. The van der Waals surface area contributed by atoms with Crippen molar-refractivity contribution in [3.63, 3.8) is 0 Å². The summed E-state index contributed by atoms with van der Waals surface area (Å²) in [6, 6.07) is 0. The highest BCUT2D eigenvalue weighted by Crippen LogP contribution is 2.30. The number of carbonyl (C=O) groups is 1. The minimum atomic E-state index is -0.789. The van der Waals surface area contributed by atoms with E-state index in [1.54, 1.807) is 0 Å². The lowest BCUT2D eigenvalue weighted by atomic mass is 9.91. The van der Waals surface area contributed by atoms with Crippen LogP contribution >= 0.6 is 11.3 Å². The lowest BCUT2D eigenvalue weighted by Crippen LogP contribution is -2.17. The van der Waals surface area contributed by atoms with Gasteiger partial charge in [0.05, 0.1) is 17.1 Å². The molecule has 0 unspecified atom stereocenters. The fraction of sp³-hybridized carbons (Fsp3) is 0.692. The summed E-state index contributed by atoms with van der Waals surface area (Å²) in [4.78, 5) is 18.5. The van der Waals surface area contributed by atoms with E-state index in [9.17, 15) is 4.79 Å². The summed E-state index contributed by atoms with van der Waals surface area (Å²) in [5.41, 5.74) is 0.834. The first-order valence-electron chi connectivity index (χ1n) is 6.05. The molecule has 0 aromatic carbocycles. The molecule has 0 radical (unpaired) electrons. The number of carboxylic acid groups (broad SMARTS) is 1. The topological polar surface area (TPSA) is 53.4 Å². The molecule has 0 aliphatic heterocycles. The zero-order valence-electron chi connectivity index (χ0n) is 11.8. The van der Waals surface area contributed by atoms with Gasteiger partial charge in [0.15, 0.2) is 0 Å². The van der Waals surface area contributed by atoms with Gasteiger partial charge in [0.25, 0.3) is 0 Å². The molecule has 0 aliphatic carbocycles. The molecule has 18 heavy (non-hydrogen) atoms. The molecule has 0 saturated heterocycles. The Morgan fingerprint density at radius 2 is 2.00 bits per heavy atom. The molecule has 0 spiro atoms. The van der Waals surface area contributed by atoms with Crippen molar-refractivity contribution in [1.82, 2.24) is 9.88 Å². The minimum absolute atomic E-state index is 0.0756. The van der Waals surface area contributed by atoms with Gasteiger partial charge >= 0.3 is 5.97 Å². The van der Waals surface area contributed by atoms with Crippen LogP contribution in [0.1, 0.15) is 36.3 Å². The summed E-state index contributed by atoms with van der Waals surface area (Å²) in [5.74, 6) is -0.789. The van der Waals surface area contributed by atoms with Crippen LogP contribution in [0.15, 0.2) is 0 Å². The molecule has 1 heterocycles. The number of thiazole rings is 1. The molecule has 5 heteroatoms. The van der Waals surface area contributed by atoms with E-state index in [2.05, 4.69) is 30.7 Å². The van der Waals surface area contributed by atoms with Crippen molar-refractivity contribution >= 4 is 17.3 Å². The normalized spacial score (nSPS) is 12.1. The maximum absolute atomic E-state index is 10.9. The molecule has 0 saturated carbocycles. The molecular formula is C13H22N2O2S. The van der Waals surface area contributed by atoms with Gasteiger partial charge in [0.2, 0.25) is 0 Å². The number of hydrogen-bond acceptors (Lipinski definition) is 4. The third-order valence-electron chi connectivity index (χ3n) is 2.54. The molecule has 0 aliphatic rings. The zero-order chi connectivity index (χ0) is 13.9. The second-order valence-corrected chi connectivity index (χ2v) is 6.92. The predicted molar refractivity (Wildman–Crippen MR) is 74.4 cm³/mol. The number of aliphatic carboxylic acids is 1. The molecule has 0 atom stereocenters. The van der Waals surface area contributed by atoms with Crippen molar-refractivity contribution < 1.29 is 9.90 Å². The lowest BCUT2D eigenvalue weighted by molar-refractivity contribution is -0.136. The van der Waals surface area contributed by atoms with Gasteiger partial charge in [-0.3, -0.25) is 4.79 Å². The van der Waals surface area contributed by atoms with Gasteiger partial charge in [-0.05, 0) is 14.1 Å². The van der Waals surface area contributed by atoms with E-state index in [1.165, 1.54) is 11.3 Å². The Morgan fingerprint density at radius 3 is 2.44 bits per heavy atom. The molecule has 0 fully saturated rings. The SMILES string of the molecule is CN(C)CCc1nc(C(C)(C)C)c(CC(=O)O)s1. The number of carboxylic acids is 1. The average Bonchev–Trinajstić information content (AvgIpc) is 2.56. The number of hydrogen-bond donors (Lipinski definition) is 1. The van der Waals surface area contributed by atoms with Gasteiger partial charge in [-0.1, -0.05) is 20.8 Å². The molecule has 1 aromatic heterocycles. The summed E-state index contributed by atoms with van der Waals surface area (Å²) in [7, 11) is 4.05. The van der Waals surface area contributed by atoms with E-state index in [-0.39, 0.29) is 11.8 Å². The van der Waals surface area contributed by atoms with Crippen molar-refractivity contribution in [2.45, 2.75) is 39.0 Å². The lowest BCUT2D eigenvalue weighted by Gasteiger charge is -2.17. The summed E-state index contributed by atoms with van der Waals surface area (Å²) < 4.78 is 0. The van der Waals surface area contributed by atoms with Crippen LogP contribution in [0.3, 0.4) is 0 Å². The highest BCUT2D eigenvalue weighted by molar-refractivity contribution is 7.11. The van der Waals surface area contributed by atoms with E-state index >= 15 is 0 Å². The maximum atomic E-state index is 10.9. The Bertz CT molecular complexity index is 419. The highest BCUT2D eigenvalue weighted by atomic mass is 32.1. The fourth-order valence-corrected chi connectivity index (χ4v) is 2.93. The van der Waals surface area contributed by atoms with Gasteiger partial charge in [0.1, 0.15) is 0 Å². The molecule has 4 nitrogen and oxygen atoms in total. The van der Waals surface area contributed by atoms with E-state index in [1.807, 2.05) is 14.1 Å². The van der Waals surface area contributed by atoms with Gasteiger partial charge in [-0.15, -0.1) is 11.3 Å². The molecule has 1 aromatic rings. The van der Waals surface area contributed by atoms with Crippen molar-refractivity contribution in [2.75, 3.05) is 20.6 Å². The third kappa shape index (κ3) is 4.38. The average molecular weight is 270 g/mol. The quantitative estimate of drug-likeness (QED) is 0.891. The van der Waals surface area contributed by atoms with Crippen LogP contribution in [0.25, 0.3) is 0 Å². The molecule has 1 rings (SSSR count). The van der Waals surface area contributed by atoms with Crippen LogP contribution in [-0.4, -0.2) is 41.6 Å². The predicted octanol–water partition coefficient (Wildman–Crippen LogP) is 2.17. The van der Waals surface area contributed by atoms with Gasteiger partial charge in [-0.25, -0.2) is 4.98 Å².